The van der Waals surface area contributed by atoms with Crippen LogP contribution in [0.2, 0.25) is 0 Å². The van der Waals surface area contributed by atoms with Gasteiger partial charge >= 0.3 is 0 Å². The van der Waals surface area contributed by atoms with Gasteiger partial charge in [0.25, 0.3) is 0 Å². The fraction of sp³-hybridized carbons (Fsp3) is 0.643. The molecule has 2 bridgehead atoms. The fourth-order valence-corrected chi connectivity index (χ4v) is 3.94. The molecule has 1 aromatic rings. The van der Waals surface area contributed by atoms with E-state index in [2.05, 4.69) is 22.1 Å². The molecule has 2 unspecified atom stereocenters. The maximum absolute atomic E-state index is 11.9. The number of fused-ring (bicyclic) bond motifs is 2. The van der Waals surface area contributed by atoms with Gasteiger partial charge in [-0.25, -0.2) is 0 Å². The third-order valence-electron chi connectivity index (χ3n) is 4.11. The summed E-state index contributed by atoms with van der Waals surface area (Å²) in [7, 11) is 0. The minimum atomic E-state index is 0. The molecule has 3 rings (SSSR count). The molecule has 2 N–H and O–H groups in total. The van der Waals surface area contributed by atoms with E-state index in [0.717, 1.165) is 0 Å². The zero-order chi connectivity index (χ0) is 12.4. The van der Waals surface area contributed by atoms with Crippen molar-refractivity contribution in [2.45, 2.75) is 50.7 Å². The summed E-state index contributed by atoms with van der Waals surface area (Å²) in [4.78, 5) is 11.9. The van der Waals surface area contributed by atoms with Crippen LogP contribution in [0.15, 0.2) is 16.8 Å². The SMILES string of the molecule is Cl.O=C(CC1CC2CCC(C1)N2)NCc1ccsc1. The highest BCUT2D eigenvalue weighted by molar-refractivity contribution is 7.07. The van der Waals surface area contributed by atoms with Crippen LogP contribution in [-0.2, 0) is 11.3 Å². The minimum absolute atomic E-state index is 0. The summed E-state index contributed by atoms with van der Waals surface area (Å²) >= 11 is 1.68. The van der Waals surface area contributed by atoms with Gasteiger partial charge in [-0.1, -0.05) is 0 Å². The molecule has 3 heterocycles. The summed E-state index contributed by atoms with van der Waals surface area (Å²) in [6, 6.07) is 3.42. The number of amides is 1. The van der Waals surface area contributed by atoms with Gasteiger partial charge in [-0.15, -0.1) is 12.4 Å². The Balaban J connectivity index is 0.00000133. The second-order valence-electron chi connectivity index (χ2n) is 5.59. The highest BCUT2D eigenvalue weighted by atomic mass is 35.5. The maximum atomic E-state index is 11.9. The second-order valence-corrected chi connectivity index (χ2v) is 6.37. The zero-order valence-electron chi connectivity index (χ0n) is 10.9. The summed E-state index contributed by atoms with van der Waals surface area (Å²) in [6.07, 6.45) is 5.68. The first-order chi connectivity index (χ1) is 8.79. The molecule has 1 amide bonds. The lowest BCUT2D eigenvalue weighted by molar-refractivity contribution is -0.122. The van der Waals surface area contributed by atoms with Crippen LogP contribution in [0.5, 0.6) is 0 Å². The highest BCUT2D eigenvalue weighted by Gasteiger charge is 2.33. The Bertz CT molecular complexity index is 398. The molecular formula is C14H21ClN2OS. The summed E-state index contributed by atoms with van der Waals surface area (Å²) in [5.74, 6) is 0.804. The third kappa shape index (κ3) is 3.94. The maximum Gasteiger partial charge on any atom is 0.220 e. The van der Waals surface area contributed by atoms with Gasteiger partial charge in [-0.2, -0.15) is 11.3 Å². The van der Waals surface area contributed by atoms with Gasteiger partial charge in [-0.3, -0.25) is 4.79 Å². The van der Waals surface area contributed by atoms with Gasteiger partial charge in [0.05, 0.1) is 0 Å². The van der Waals surface area contributed by atoms with Crippen molar-refractivity contribution in [2.75, 3.05) is 0 Å². The number of carbonyl (C=O) groups excluding carboxylic acids is 1. The molecule has 5 heteroatoms. The lowest BCUT2D eigenvalue weighted by Crippen LogP contribution is -2.39. The predicted octanol–water partition coefficient (Wildman–Crippen LogP) is 2.71. The molecule has 2 aliphatic rings. The number of rotatable bonds is 4. The Morgan fingerprint density at radius 2 is 2.11 bits per heavy atom. The van der Waals surface area contributed by atoms with E-state index in [1.807, 2.05) is 5.38 Å². The summed E-state index contributed by atoms with van der Waals surface area (Å²) in [5, 5.41) is 10.8. The molecule has 0 saturated carbocycles. The Hall–Kier alpha value is -0.580. The molecule has 1 aromatic heterocycles. The van der Waals surface area contributed by atoms with Crippen LogP contribution in [0.3, 0.4) is 0 Å². The van der Waals surface area contributed by atoms with Gasteiger partial charge in [0.2, 0.25) is 5.91 Å². The predicted molar refractivity (Wildman–Crippen MR) is 80.7 cm³/mol. The van der Waals surface area contributed by atoms with Crippen LogP contribution in [0.1, 0.15) is 37.7 Å². The number of hydrogen-bond acceptors (Lipinski definition) is 3. The summed E-state index contributed by atoms with van der Waals surface area (Å²) in [6.45, 7) is 0.681. The molecule has 0 radical (unpaired) electrons. The lowest BCUT2D eigenvalue weighted by atomic mass is 9.89. The van der Waals surface area contributed by atoms with E-state index in [1.54, 1.807) is 11.3 Å². The van der Waals surface area contributed by atoms with Crippen LogP contribution in [-0.4, -0.2) is 18.0 Å². The quantitative estimate of drug-likeness (QED) is 0.898. The molecule has 106 valence electrons. The molecule has 0 aliphatic carbocycles. The Morgan fingerprint density at radius 3 is 2.74 bits per heavy atom. The average Bonchev–Trinajstić information content (AvgIpc) is 2.97. The average molecular weight is 301 g/mol. The highest BCUT2D eigenvalue weighted by Crippen LogP contribution is 2.32. The minimum Gasteiger partial charge on any atom is -0.352 e. The van der Waals surface area contributed by atoms with Crippen LogP contribution in [0.25, 0.3) is 0 Å². The summed E-state index contributed by atoms with van der Waals surface area (Å²) < 4.78 is 0. The van der Waals surface area contributed by atoms with Crippen molar-refractivity contribution in [1.82, 2.24) is 10.6 Å². The molecular weight excluding hydrogens is 280 g/mol. The summed E-state index contributed by atoms with van der Waals surface area (Å²) in [5.41, 5.74) is 1.21. The third-order valence-corrected chi connectivity index (χ3v) is 4.85. The number of hydrogen-bond donors (Lipinski definition) is 2. The largest absolute Gasteiger partial charge is 0.352 e. The number of halogens is 1. The van der Waals surface area contributed by atoms with Crippen LogP contribution in [0.4, 0.5) is 0 Å². The molecule has 2 atom stereocenters. The molecule has 2 saturated heterocycles. The Labute approximate surface area is 124 Å². The van der Waals surface area contributed by atoms with E-state index >= 15 is 0 Å². The van der Waals surface area contributed by atoms with Gasteiger partial charge < -0.3 is 10.6 Å². The molecule has 2 fully saturated rings. The van der Waals surface area contributed by atoms with Crippen molar-refractivity contribution in [1.29, 1.82) is 0 Å². The van der Waals surface area contributed by atoms with Crippen LogP contribution < -0.4 is 10.6 Å². The van der Waals surface area contributed by atoms with Gasteiger partial charge in [0.1, 0.15) is 0 Å². The Kier molecular flexibility index (Phi) is 5.25. The van der Waals surface area contributed by atoms with Crippen LogP contribution >= 0.6 is 23.7 Å². The second kappa shape index (κ2) is 6.73. The van der Waals surface area contributed by atoms with Crippen molar-refractivity contribution in [3.05, 3.63) is 22.4 Å². The normalized spacial score (nSPS) is 28.7. The van der Waals surface area contributed by atoms with Crippen molar-refractivity contribution in [2.24, 2.45) is 5.92 Å². The van der Waals surface area contributed by atoms with E-state index in [4.69, 9.17) is 0 Å². The molecule has 3 nitrogen and oxygen atoms in total. The zero-order valence-corrected chi connectivity index (χ0v) is 12.6. The number of thiophene rings is 1. The van der Waals surface area contributed by atoms with Gasteiger partial charge in [0, 0.05) is 25.0 Å². The molecule has 0 aromatic carbocycles. The Morgan fingerprint density at radius 1 is 1.37 bits per heavy atom. The van der Waals surface area contributed by atoms with Crippen molar-refractivity contribution >= 4 is 29.7 Å². The molecule has 19 heavy (non-hydrogen) atoms. The van der Waals surface area contributed by atoms with E-state index in [1.165, 1.54) is 31.2 Å². The monoisotopic (exact) mass is 300 g/mol. The van der Waals surface area contributed by atoms with Gasteiger partial charge in [-0.05, 0) is 54.0 Å². The van der Waals surface area contributed by atoms with Gasteiger partial charge in [0.15, 0.2) is 0 Å². The first-order valence-electron chi connectivity index (χ1n) is 6.83. The standard InChI is InChI=1S/C14H20N2OS.ClH/c17-14(15-8-10-3-4-18-9-10)7-11-5-12-1-2-13(6-11)16-12;/h3-4,9,11-13,16H,1-2,5-8H2,(H,15,17);1H. The first kappa shape index (κ1) is 14.8. The number of nitrogens with one attached hydrogen (secondary N) is 2. The van der Waals surface area contributed by atoms with Crippen LogP contribution in [0, 0.1) is 5.92 Å². The molecule has 0 spiro atoms. The van der Waals surface area contributed by atoms with E-state index < -0.39 is 0 Å². The van der Waals surface area contributed by atoms with E-state index in [0.29, 0.717) is 31.0 Å². The smallest absolute Gasteiger partial charge is 0.220 e. The van der Waals surface area contributed by atoms with Crippen molar-refractivity contribution in [3.63, 3.8) is 0 Å². The van der Waals surface area contributed by atoms with Crippen molar-refractivity contribution in [3.8, 4) is 0 Å². The fourth-order valence-electron chi connectivity index (χ4n) is 3.27. The lowest BCUT2D eigenvalue weighted by Gasteiger charge is -2.28. The molecule has 2 aliphatic heterocycles. The van der Waals surface area contributed by atoms with E-state index in [9.17, 15) is 4.79 Å². The van der Waals surface area contributed by atoms with Crippen molar-refractivity contribution < 1.29 is 4.79 Å². The van der Waals surface area contributed by atoms with E-state index in [-0.39, 0.29) is 18.3 Å². The number of carbonyl (C=O) groups is 1. The topological polar surface area (TPSA) is 41.1 Å². The number of piperidine rings is 1. The first-order valence-corrected chi connectivity index (χ1v) is 7.77.